The summed E-state index contributed by atoms with van der Waals surface area (Å²) in [5.74, 6) is -0.712. The number of carboxylic acid groups (broad SMARTS) is 1. The van der Waals surface area contributed by atoms with Crippen molar-refractivity contribution in [2.75, 3.05) is 32.7 Å². The van der Waals surface area contributed by atoms with Crippen LogP contribution < -0.4 is 5.32 Å². The molecule has 0 unspecified atom stereocenters. The lowest BCUT2D eigenvalue weighted by Crippen LogP contribution is -2.58. The van der Waals surface area contributed by atoms with E-state index in [1.165, 1.54) is 6.42 Å². The molecule has 2 rings (SSSR count). The van der Waals surface area contributed by atoms with E-state index in [0.717, 1.165) is 26.2 Å². The summed E-state index contributed by atoms with van der Waals surface area (Å²) in [7, 11) is 0. The predicted molar refractivity (Wildman–Crippen MR) is 44.0 cm³/mol. The van der Waals surface area contributed by atoms with Crippen molar-refractivity contribution < 1.29 is 9.90 Å². The molecule has 1 spiro atoms. The van der Waals surface area contributed by atoms with E-state index < -0.39 is 5.97 Å². The molecule has 0 aliphatic carbocycles. The lowest BCUT2D eigenvalue weighted by molar-refractivity contribution is -0.141. The Morgan fingerprint density at radius 1 is 1.58 bits per heavy atom. The van der Waals surface area contributed by atoms with Crippen LogP contribution >= 0.6 is 0 Å². The van der Waals surface area contributed by atoms with Gasteiger partial charge in [-0.25, -0.2) is 0 Å². The summed E-state index contributed by atoms with van der Waals surface area (Å²) in [6.45, 7) is 4.31. The monoisotopic (exact) mass is 170 g/mol. The first kappa shape index (κ1) is 8.01. The SMILES string of the molecule is O=C(O)CN1CC2(CCNC2)C1. The van der Waals surface area contributed by atoms with Gasteiger partial charge >= 0.3 is 5.97 Å². The van der Waals surface area contributed by atoms with Gasteiger partial charge in [0.05, 0.1) is 6.54 Å². The van der Waals surface area contributed by atoms with Gasteiger partial charge in [0.25, 0.3) is 0 Å². The van der Waals surface area contributed by atoms with Crippen molar-refractivity contribution in [3.05, 3.63) is 0 Å². The zero-order valence-electron chi connectivity index (χ0n) is 7.05. The van der Waals surface area contributed by atoms with Crippen LogP contribution in [0.25, 0.3) is 0 Å². The molecular weight excluding hydrogens is 156 g/mol. The van der Waals surface area contributed by atoms with Gasteiger partial charge in [0.1, 0.15) is 0 Å². The molecule has 0 aromatic rings. The van der Waals surface area contributed by atoms with Crippen LogP contribution in [-0.2, 0) is 4.79 Å². The molecule has 2 fully saturated rings. The summed E-state index contributed by atoms with van der Waals surface area (Å²) < 4.78 is 0. The second-order valence-corrected chi connectivity index (χ2v) is 3.97. The van der Waals surface area contributed by atoms with Crippen LogP contribution in [0.5, 0.6) is 0 Å². The highest BCUT2D eigenvalue weighted by atomic mass is 16.4. The Bertz CT molecular complexity index is 191. The fraction of sp³-hybridized carbons (Fsp3) is 0.875. The molecule has 0 bridgehead atoms. The number of rotatable bonds is 2. The molecule has 0 radical (unpaired) electrons. The van der Waals surface area contributed by atoms with Gasteiger partial charge in [0, 0.05) is 25.0 Å². The molecule has 4 heteroatoms. The molecule has 12 heavy (non-hydrogen) atoms. The van der Waals surface area contributed by atoms with Gasteiger partial charge in [0.15, 0.2) is 0 Å². The van der Waals surface area contributed by atoms with Crippen LogP contribution in [0.4, 0.5) is 0 Å². The van der Waals surface area contributed by atoms with Crippen molar-refractivity contribution in [3.63, 3.8) is 0 Å². The quantitative estimate of drug-likeness (QED) is 0.579. The van der Waals surface area contributed by atoms with Crippen molar-refractivity contribution in [2.24, 2.45) is 5.41 Å². The van der Waals surface area contributed by atoms with Gasteiger partial charge in [-0.15, -0.1) is 0 Å². The van der Waals surface area contributed by atoms with Crippen LogP contribution in [0, 0.1) is 5.41 Å². The number of aliphatic carboxylic acids is 1. The Hall–Kier alpha value is -0.610. The van der Waals surface area contributed by atoms with Crippen molar-refractivity contribution in [1.29, 1.82) is 0 Å². The van der Waals surface area contributed by atoms with Gasteiger partial charge in [-0.05, 0) is 13.0 Å². The number of nitrogens with zero attached hydrogens (tertiary/aromatic N) is 1. The number of carboxylic acids is 1. The minimum atomic E-state index is -0.712. The molecule has 0 aromatic carbocycles. The fourth-order valence-electron chi connectivity index (χ4n) is 2.27. The predicted octanol–water partition coefficient (Wildman–Crippen LogP) is -0.634. The summed E-state index contributed by atoms with van der Waals surface area (Å²) in [6.07, 6.45) is 1.21. The smallest absolute Gasteiger partial charge is 0.317 e. The average molecular weight is 170 g/mol. The highest BCUT2D eigenvalue weighted by Crippen LogP contribution is 2.35. The first-order valence-corrected chi connectivity index (χ1v) is 4.35. The topological polar surface area (TPSA) is 52.6 Å². The molecule has 0 atom stereocenters. The van der Waals surface area contributed by atoms with Crippen molar-refractivity contribution in [1.82, 2.24) is 10.2 Å². The van der Waals surface area contributed by atoms with Crippen LogP contribution in [0.1, 0.15) is 6.42 Å². The number of likely N-dealkylation sites (tertiary alicyclic amines) is 1. The zero-order chi connectivity index (χ0) is 8.60. The lowest BCUT2D eigenvalue weighted by Gasteiger charge is -2.47. The summed E-state index contributed by atoms with van der Waals surface area (Å²) in [4.78, 5) is 12.3. The molecule has 0 amide bonds. The Morgan fingerprint density at radius 2 is 2.33 bits per heavy atom. The fourth-order valence-corrected chi connectivity index (χ4v) is 2.27. The summed E-state index contributed by atoms with van der Waals surface area (Å²) >= 11 is 0. The first-order valence-electron chi connectivity index (χ1n) is 4.35. The van der Waals surface area contributed by atoms with Gasteiger partial charge in [-0.2, -0.15) is 0 Å². The minimum Gasteiger partial charge on any atom is -0.480 e. The number of hydrogen-bond donors (Lipinski definition) is 2. The van der Waals surface area contributed by atoms with Crippen molar-refractivity contribution in [2.45, 2.75) is 6.42 Å². The number of carbonyl (C=O) groups is 1. The molecule has 68 valence electrons. The zero-order valence-corrected chi connectivity index (χ0v) is 7.05. The summed E-state index contributed by atoms with van der Waals surface area (Å²) in [5.41, 5.74) is 0.426. The largest absolute Gasteiger partial charge is 0.480 e. The van der Waals surface area contributed by atoms with Crippen LogP contribution in [0.2, 0.25) is 0 Å². The second-order valence-electron chi connectivity index (χ2n) is 3.97. The van der Waals surface area contributed by atoms with Crippen LogP contribution in [-0.4, -0.2) is 48.7 Å². The van der Waals surface area contributed by atoms with E-state index in [1.807, 2.05) is 4.90 Å². The maximum Gasteiger partial charge on any atom is 0.317 e. The van der Waals surface area contributed by atoms with E-state index in [2.05, 4.69) is 5.32 Å². The first-order chi connectivity index (χ1) is 5.70. The summed E-state index contributed by atoms with van der Waals surface area (Å²) in [6, 6.07) is 0. The Morgan fingerprint density at radius 3 is 2.83 bits per heavy atom. The normalized spacial score (nSPS) is 27.3. The third-order valence-corrected chi connectivity index (χ3v) is 2.81. The Balaban J connectivity index is 1.79. The minimum absolute atomic E-state index is 0.210. The standard InChI is InChI=1S/C8H14N2O2/c11-7(12)3-10-5-8(6-10)1-2-9-4-8/h9H,1-6H2,(H,11,12). The average Bonchev–Trinajstić information content (AvgIpc) is 2.33. The maximum atomic E-state index is 10.3. The molecule has 2 N–H and O–H groups in total. The molecular formula is C8H14N2O2. The molecule has 0 aromatic heterocycles. The highest BCUT2D eigenvalue weighted by molar-refractivity contribution is 5.69. The maximum absolute atomic E-state index is 10.3. The second kappa shape index (κ2) is 2.71. The number of hydrogen-bond acceptors (Lipinski definition) is 3. The van der Waals surface area contributed by atoms with Crippen molar-refractivity contribution >= 4 is 5.97 Å². The van der Waals surface area contributed by atoms with E-state index in [4.69, 9.17) is 5.11 Å². The Kier molecular flexibility index (Phi) is 1.81. The van der Waals surface area contributed by atoms with Crippen LogP contribution in [0.15, 0.2) is 0 Å². The third-order valence-electron chi connectivity index (χ3n) is 2.81. The van der Waals surface area contributed by atoms with Crippen LogP contribution in [0.3, 0.4) is 0 Å². The lowest BCUT2D eigenvalue weighted by atomic mass is 9.79. The molecule has 4 nitrogen and oxygen atoms in total. The van der Waals surface area contributed by atoms with Gasteiger partial charge in [-0.1, -0.05) is 0 Å². The number of nitrogens with one attached hydrogen (secondary N) is 1. The van der Waals surface area contributed by atoms with Gasteiger partial charge < -0.3 is 10.4 Å². The molecule has 2 aliphatic rings. The molecule has 0 saturated carbocycles. The van der Waals surface area contributed by atoms with Gasteiger partial charge in [-0.3, -0.25) is 9.69 Å². The molecule has 2 saturated heterocycles. The third kappa shape index (κ3) is 1.32. The highest BCUT2D eigenvalue weighted by Gasteiger charge is 2.44. The molecule has 2 heterocycles. The molecule has 2 aliphatic heterocycles. The van der Waals surface area contributed by atoms with Gasteiger partial charge in [0.2, 0.25) is 0 Å². The van der Waals surface area contributed by atoms with Crippen molar-refractivity contribution in [3.8, 4) is 0 Å². The van der Waals surface area contributed by atoms with E-state index in [1.54, 1.807) is 0 Å². The van der Waals surface area contributed by atoms with E-state index in [0.29, 0.717) is 5.41 Å². The van der Waals surface area contributed by atoms with E-state index in [-0.39, 0.29) is 6.54 Å². The van der Waals surface area contributed by atoms with E-state index >= 15 is 0 Å². The van der Waals surface area contributed by atoms with E-state index in [9.17, 15) is 4.79 Å². The summed E-state index contributed by atoms with van der Waals surface area (Å²) in [5, 5.41) is 11.8. The Labute approximate surface area is 71.5 Å².